The molecule has 3 aromatic rings. The van der Waals surface area contributed by atoms with Crippen molar-refractivity contribution in [3.05, 3.63) is 71.0 Å². The first kappa shape index (κ1) is 16.9. The number of carbonyl (C=O) groups is 1. The Kier molecular flexibility index (Phi) is 4.57. The first-order valence-electron chi connectivity index (χ1n) is 8.09. The van der Waals surface area contributed by atoms with Gasteiger partial charge in [0.1, 0.15) is 11.1 Å². The summed E-state index contributed by atoms with van der Waals surface area (Å²) in [5, 5.41) is 11.9. The van der Waals surface area contributed by atoms with Crippen LogP contribution in [0.5, 0.6) is 0 Å². The summed E-state index contributed by atoms with van der Waals surface area (Å²) in [6, 6.07) is 16.8. The number of para-hydroxylation sites is 1. The second-order valence-corrected chi connectivity index (χ2v) is 7.41. The summed E-state index contributed by atoms with van der Waals surface area (Å²) < 4.78 is 1.82. The molecule has 1 aliphatic heterocycles. The fourth-order valence-electron chi connectivity index (χ4n) is 2.84. The maximum absolute atomic E-state index is 13.0. The normalized spacial score (nSPS) is 18.7. The summed E-state index contributed by atoms with van der Waals surface area (Å²) in [6.45, 7) is 1.87. The summed E-state index contributed by atoms with van der Waals surface area (Å²) in [4.78, 5) is 13.0. The van der Waals surface area contributed by atoms with E-state index in [1.807, 2.05) is 54.1 Å². The van der Waals surface area contributed by atoms with Gasteiger partial charge in [-0.15, -0.1) is 10.2 Å². The smallest absolute Gasteiger partial charge is 0.240 e. The molecule has 0 unspecified atom stereocenters. The number of aromatic nitrogens is 3. The molecule has 6 nitrogen and oxygen atoms in total. The highest BCUT2D eigenvalue weighted by Gasteiger charge is 2.37. The van der Waals surface area contributed by atoms with Crippen LogP contribution < -0.4 is 10.7 Å². The van der Waals surface area contributed by atoms with Crippen LogP contribution >= 0.6 is 23.4 Å². The number of halogens is 1. The molecule has 0 radical (unpaired) electrons. The van der Waals surface area contributed by atoms with Crippen molar-refractivity contribution < 1.29 is 4.79 Å². The molecular formula is C18H16ClN5OS. The quantitative estimate of drug-likeness (QED) is 0.720. The monoisotopic (exact) mass is 385 g/mol. The summed E-state index contributed by atoms with van der Waals surface area (Å²) in [7, 11) is 0. The van der Waals surface area contributed by atoms with E-state index in [9.17, 15) is 4.79 Å². The van der Waals surface area contributed by atoms with Crippen LogP contribution in [0.1, 0.15) is 17.4 Å². The Morgan fingerprint density at radius 1 is 1.15 bits per heavy atom. The van der Waals surface area contributed by atoms with E-state index in [0.29, 0.717) is 15.9 Å². The molecule has 2 atom stereocenters. The standard InChI is InChI=1S/C18H16ClN5OS/c1-11-21-22-18-24(11)23-15(12-7-3-2-4-8-12)16(26-18)17(25)20-14-10-6-5-9-13(14)19/h2-10,15-16,23H,1H3,(H,20,25)/t15-,16-/m0/s1. The number of amides is 1. The highest BCUT2D eigenvalue weighted by atomic mass is 35.5. The van der Waals surface area contributed by atoms with Gasteiger partial charge in [0.05, 0.1) is 16.8 Å². The average molecular weight is 386 g/mol. The Hall–Kier alpha value is -2.51. The zero-order valence-electron chi connectivity index (χ0n) is 13.9. The van der Waals surface area contributed by atoms with Gasteiger partial charge in [0.15, 0.2) is 0 Å². The SMILES string of the molecule is Cc1nnc2n1N[C@@H](c1ccccc1)[C@@H](C(=O)Nc1ccccc1Cl)S2. The molecule has 0 spiro atoms. The van der Waals surface area contributed by atoms with Crippen molar-refractivity contribution in [3.63, 3.8) is 0 Å². The summed E-state index contributed by atoms with van der Waals surface area (Å²) in [6.07, 6.45) is 0. The molecule has 0 saturated carbocycles. The first-order chi connectivity index (χ1) is 12.6. The van der Waals surface area contributed by atoms with E-state index in [0.717, 1.165) is 11.4 Å². The summed E-state index contributed by atoms with van der Waals surface area (Å²) in [5.41, 5.74) is 4.97. The average Bonchev–Trinajstić information content (AvgIpc) is 3.03. The summed E-state index contributed by atoms with van der Waals surface area (Å²) in [5.74, 6) is 0.606. The molecule has 0 fully saturated rings. The predicted octanol–water partition coefficient (Wildman–Crippen LogP) is 3.64. The summed E-state index contributed by atoms with van der Waals surface area (Å²) >= 11 is 7.57. The highest BCUT2D eigenvalue weighted by molar-refractivity contribution is 8.00. The van der Waals surface area contributed by atoms with Gasteiger partial charge in [-0.25, -0.2) is 4.68 Å². The lowest BCUT2D eigenvalue weighted by molar-refractivity contribution is -0.116. The van der Waals surface area contributed by atoms with E-state index in [1.54, 1.807) is 12.1 Å². The maximum Gasteiger partial charge on any atom is 0.240 e. The Morgan fingerprint density at radius 3 is 2.65 bits per heavy atom. The lowest BCUT2D eigenvalue weighted by Crippen LogP contribution is -2.41. The Morgan fingerprint density at radius 2 is 1.88 bits per heavy atom. The molecule has 1 amide bonds. The molecular weight excluding hydrogens is 370 g/mol. The first-order valence-corrected chi connectivity index (χ1v) is 9.35. The highest BCUT2D eigenvalue weighted by Crippen LogP contribution is 2.37. The molecule has 2 heterocycles. The van der Waals surface area contributed by atoms with E-state index < -0.39 is 5.25 Å². The molecule has 2 aromatic carbocycles. The van der Waals surface area contributed by atoms with E-state index in [1.165, 1.54) is 11.8 Å². The van der Waals surface area contributed by atoms with Crippen LogP contribution in [0, 0.1) is 6.92 Å². The predicted molar refractivity (Wildman–Crippen MR) is 103 cm³/mol. The number of benzene rings is 2. The molecule has 0 saturated heterocycles. The second kappa shape index (κ2) is 7.01. The topological polar surface area (TPSA) is 71.8 Å². The molecule has 4 rings (SSSR count). The molecule has 0 aliphatic carbocycles. The maximum atomic E-state index is 13.0. The third-order valence-electron chi connectivity index (χ3n) is 4.15. The van der Waals surface area contributed by atoms with Gasteiger partial charge in [-0.05, 0) is 24.6 Å². The van der Waals surface area contributed by atoms with E-state index in [2.05, 4.69) is 20.9 Å². The van der Waals surface area contributed by atoms with Crippen LogP contribution in [-0.2, 0) is 4.79 Å². The van der Waals surface area contributed by atoms with Crippen molar-refractivity contribution in [1.29, 1.82) is 0 Å². The fraction of sp³-hybridized carbons (Fsp3) is 0.167. The number of rotatable bonds is 3. The van der Waals surface area contributed by atoms with Crippen LogP contribution in [-0.4, -0.2) is 26.0 Å². The third kappa shape index (κ3) is 3.15. The van der Waals surface area contributed by atoms with Crippen LogP contribution in [0.4, 0.5) is 5.69 Å². The van der Waals surface area contributed by atoms with Gasteiger partial charge in [-0.2, -0.15) is 0 Å². The van der Waals surface area contributed by atoms with Gasteiger partial charge in [-0.3, -0.25) is 4.79 Å². The largest absolute Gasteiger partial charge is 0.324 e. The van der Waals surface area contributed by atoms with E-state index >= 15 is 0 Å². The number of fused-ring (bicyclic) bond motifs is 1. The minimum absolute atomic E-state index is 0.142. The molecule has 0 bridgehead atoms. The van der Waals surface area contributed by atoms with Crippen molar-refractivity contribution >= 4 is 35.0 Å². The van der Waals surface area contributed by atoms with Gasteiger partial charge >= 0.3 is 0 Å². The Labute approximate surface area is 159 Å². The molecule has 26 heavy (non-hydrogen) atoms. The minimum atomic E-state index is -0.426. The third-order valence-corrected chi connectivity index (χ3v) is 5.69. The molecule has 2 N–H and O–H groups in total. The van der Waals surface area contributed by atoms with Gasteiger partial charge in [-0.1, -0.05) is 65.8 Å². The van der Waals surface area contributed by atoms with Crippen molar-refractivity contribution in [1.82, 2.24) is 14.9 Å². The van der Waals surface area contributed by atoms with Crippen LogP contribution in [0.2, 0.25) is 5.02 Å². The zero-order chi connectivity index (χ0) is 18.1. The second-order valence-electron chi connectivity index (χ2n) is 5.89. The Bertz CT molecular complexity index is 946. The lowest BCUT2D eigenvalue weighted by atomic mass is 10.0. The van der Waals surface area contributed by atoms with E-state index in [-0.39, 0.29) is 11.9 Å². The number of thioether (sulfide) groups is 1. The number of nitrogens with zero attached hydrogens (tertiary/aromatic N) is 3. The number of hydrogen-bond donors (Lipinski definition) is 2. The molecule has 1 aliphatic rings. The van der Waals surface area contributed by atoms with Crippen molar-refractivity contribution in [2.45, 2.75) is 23.4 Å². The minimum Gasteiger partial charge on any atom is -0.324 e. The van der Waals surface area contributed by atoms with Crippen LogP contribution in [0.3, 0.4) is 0 Å². The molecule has 132 valence electrons. The van der Waals surface area contributed by atoms with Gasteiger partial charge in [0.25, 0.3) is 0 Å². The fourth-order valence-corrected chi connectivity index (χ4v) is 4.15. The number of nitrogens with one attached hydrogen (secondary N) is 2. The van der Waals surface area contributed by atoms with Gasteiger partial charge in [0.2, 0.25) is 11.1 Å². The van der Waals surface area contributed by atoms with Crippen molar-refractivity contribution in [2.24, 2.45) is 0 Å². The van der Waals surface area contributed by atoms with Gasteiger partial charge in [0, 0.05) is 0 Å². The lowest BCUT2D eigenvalue weighted by Gasteiger charge is -2.32. The van der Waals surface area contributed by atoms with Crippen LogP contribution in [0.25, 0.3) is 0 Å². The number of hydrogen-bond acceptors (Lipinski definition) is 5. The van der Waals surface area contributed by atoms with Crippen molar-refractivity contribution in [3.8, 4) is 0 Å². The van der Waals surface area contributed by atoms with Gasteiger partial charge < -0.3 is 10.7 Å². The molecule has 1 aromatic heterocycles. The Balaban J connectivity index is 1.67. The van der Waals surface area contributed by atoms with Crippen LogP contribution in [0.15, 0.2) is 59.8 Å². The molecule has 8 heteroatoms. The van der Waals surface area contributed by atoms with E-state index in [4.69, 9.17) is 11.6 Å². The number of aryl methyl sites for hydroxylation is 1. The number of anilines is 1. The zero-order valence-corrected chi connectivity index (χ0v) is 15.5. The number of carbonyl (C=O) groups excluding carboxylic acids is 1. The van der Waals surface area contributed by atoms with Crippen molar-refractivity contribution in [2.75, 3.05) is 10.7 Å².